The Hall–Kier alpha value is -1.74. The van der Waals surface area contributed by atoms with Crippen LogP contribution in [0.1, 0.15) is 25.0 Å². The van der Waals surface area contributed by atoms with Crippen molar-refractivity contribution in [3.8, 4) is 0 Å². The SMILES string of the molecule is CC(Sc1ccccc1)C1=NOC(c2ccccc2)C1. The minimum absolute atomic E-state index is 0.0741. The zero-order valence-electron chi connectivity index (χ0n) is 11.4. The fourth-order valence-corrected chi connectivity index (χ4v) is 3.25. The van der Waals surface area contributed by atoms with Crippen LogP contribution < -0.4 is 0 Å². The van der Waals surface area contributed by atoms with Crippen LogP contribution in [-0.4, -0.2) is 11.0 Å². The predicted octanol–water partition coefficient (Wildman–Crippen LogP) is 4.68. The van der Waals surface area contributed by atoms with Crippen LogP contribution in [0.3, 0.4) is 0 Å². The molecule has 1 aliphatic heterocycles. The Labute approximate surface area is 123 Å². The van der Waals surface area contributed by atoms with E-state index in [-0.39, 0.29) is 6.10 Å². The highest BCUT2D eigenvalue weighted by atomic mass is 32.2. The molecule has 2 unspecified atom stereocenters. The lowest BCUT2D eigenvalue weighted by atomic mass is 10.0. The highest BCUT2D eigenvalue weighted by Crippen LogP contribution is 2.32. The first kappa shape index (κ1) is 13.3. The van der Waals surface area contributed by atoms with Crippen molar-refractivity contribution < 1.29 is 4.84 Å². The second kappa shape index (κ2) is 6.14. The van der Waals surface area contributed by atoms with Crippen molar-refractivity contribution in [3.05, 3.63) is 66.2 Å². The maximum absolute atomic E-state index is 5.59. The standard InChI is InChI=1S/C17H17NOS/c1-13(20-15-10-6-3-7-11-15)16-12-17(19-18-16)14-8-4-2-5-9-14/h2-11,13,17H,12H2,1H3. The van der Waals surface area contributed by atoms with Crippen molar-refractivity contribution in [2.45, 2.75) is 29.6 Å². The van der Waals surface area contributed by atoms with Gasteiger partial charge >= 0.3 is 0 Å². The number of rotatable bonds is 4. The van der Waals surface area contributed by atoms with Gasteiger partial charge in [0.15, 0.2) is 6.10 Å². The molecule has 0 N–H and O–H groups in total. The van der Waals surface area contributed by atoms with Crippen molar-refractivity contribution >= 4 is 17.5 Å². The summed E-state index contributed by atoms with van der Waals surface area (Å²) in [7, 11) is 0. The quantitative estimate of drug-likeness (QED) is 0.760. The van der Waals surface area contributed by atoms with Gasteiger partial charge in [0.1, 0.15) is 0 Å². The topological polar surface area (TPSA) is 21.6 Å². The second-order valence-electron chi connectivity index (χ2n) is 4.86. The molecule has 1 heterocycles. The van der Waals surface area contributed by atoms with E-state index in [9.17, 15) is 0 Å². The van der Waals surface area contributed by atoms with E-state index in [1.165, 1.54) is 10.5 Å². The van der Waals surface area contributed by atoms with E-state index in [1.54, 1.807) is 0 Å². The number of hydrogen-bond donors (Lipinski definition) is 0. The minimum atomic E-state index is 0.0741. The van der Waals surface area contributed by atoms with Gasteiger partial charge in [-0.15, -0.1) is 11.8 Å². The van der Waals surface area contributed by atoms with Gasteiger partial charge in [-0.05, 0) is 24.6 Å². The minimum Gasteiger partial charge on any atom is -0.387 e. The molecule has 0 amide bonds. The number of hydrogen-bond acceptors (Lipinski definition) is 3. The van der Waals surface area contributed by atoms with Crippen LogP contribution in [0, 0.1) is 0 Å². The normalized spacial score (nSPS) is 19.2. The summed E-state index contributed by atoms with van der Waals surface area (Å²) in [6.07, 6.45) is 0.954. The fourth-order valence-electron chi connectivity index (χ4n) is 2.25. The molecule has 2 atom stereocenters. The molecule has 20 heavy (non-hydrogen) atoms. The van der Waals surface area contributed by atoms with Gasteiger partial charge in [0, 0.05) is 16.6 Å². The van der Waals surface area contributed by atoms with Crippen LogP contribution in [0.2, 0.25) is 0 Å². The van der Waals surface area contributed by atoms with Crippen LogP contribution in [-0.2, 0) is 4.84 Å². The summed E-state index contributed by atoms with van der Waals surface area (Å²) in [6.45, 7) is 2.19. The summed E-state index contributed by atoms with van der Waals surface area (Å²) >= 11 is 1.83. The fraction of sp³-hybridized carbons (Fsp3) is 0.235. The lowest BCUT2D eigenvalue weighted by Gasteiger charge is -2.11. The second-order valence-corrected chi connectivity index (χ2v) is 6.28. The first-order valence-corrected chi connectivity index (χ1v) is 7.70. The van der Waals surface area contributed by atoms with E-state index in [4.69, 9.17) is 4.84 Å². The van der Waals surface area contributed by atoms with Crippen molar-refractivity contribution in [3.63, 3.8) is 0 Å². The Morgan fingerprint density at radius 3 is 2.40 bits per heavy atom. The summed E-state index contributed by atoms with van der Waals surface area (Å²) in [5.74, 6) is 0. The van der Waals surface area contributed by atoms with Gasteiger partial charge in [0.05, 0.1) is 5.71 Å². The summed E-state index contributed by atoms with van der Waals surface area (Å²) in [5.41, 5.74) is 2.33. The third-order valence-electron chi connectivity index (χ3n) is 3.39. The molecular formula is C17H17NOS. The van der Waals surface area contributed by atoms with Crippen LogP contribution in [0.4, 0.5) is 0 Å². The van der Waals surface area contributed by atoms with Crippen LogP contribution in [0.15, 0.2) is 70.7 Å². The van der Waals surface area contributed by atoms with Gasteiger partial charge in [-0.3, -0.25) is 0 Å². The molecule has 3 heteroatoms. The molecule has 2 aromatic carbocycles. The lowest BCUT2D eigenvalue weighted by molar-refractivity contribution is 0.0857. The van der Waals surface area contributed by atoms with E-state index in [2.05, 4.69) is 48.5 Å². The first-order chi connectivity index (χ1) is 9.83. The summed E-state index contributed by atoms with van der Waals surface area (Å²) in [6, 6.07) is 20.7. The Morgan fingerprint density at radius 1 is 1.05 bits per heavy atom. The maximum Gasteiger partial charge on any atom is 0.157 e. The van der Waals surface area contributed by atoms with Gasteiger partial charge in [0.25, 0.3) is 0 Å². The molecule has 0 radical (unpaired) electrons. The van der Waals surface area contributed by atoms with E-state index in [0.29, 0.717) is 5.25 Å². The maximum atomic E-state index is 5.59. The van der Waals surface area contributed by atoms with E-state index in [1.807, 2.05) is 36.0 Å². The molecule has 2 nitrogen and oxygen atoms in total. The molecule has 0 aromatic heterocycles. The van der Waals surface area contributed by atoms with Crippen molar-refractivity contribution in [2.75, 3.05) is 0 Å². The Bertz CT molecular complexity index is 582. The molecule has 0 saturated carbocycles. The van der Waals surface area contributed by atoms with Gasteiger partial charge in [-0.2, -0.15) is 0 Å². The first-order valence-electron chi connectivity index (χ1n) is 6.82. The number of nitrogens with zero attached hydrogens (tertiary/aromatic N) is 1. The molecular weight excluding hydrogens is 266 g/mol. The van der Waals surface area contributed by atoms with Crippen molar-refractivity contribution in [1.29, 1.82) is 0 Å². The average Bonchev–Trinajstić information content (AvgIpc) is 2.99. The molecule has 102 valence electrons. The lowest BCUT2D eigenvalue weighted by Crippen LogP contribution is -2.12. The van der Waals surface area contributed by atoms with Gasteiger partial charge in [-0.1, -0.05) is 53.7 Å². The molecule has 0 spiro atoms. The molecule has 2 aromatic rings. The zero-order chi connectivity index (χ0) is 13.8. The monoisotopic (exact) mass is 283 g/mol. The highest BCUT2D eigenvalue weighted by molar-refractivity contribution is 8.00. The molecule has 0 bridgehead atoms. The van der Waals surface area contributed by atoms with Crippen LogP contribution in [0.25, 0.3) is 0 Å². The Kier molecular flexibility index (Phi) is 4.07. The smallest absolute Gasteiger partial charge is 0.157 e. The molecule has 0 aliphatic carbocycles. The molecule has 1 aliphatic rings. The van der Waals surface area contributed by atoms with E-state index >= 15 is 0 Å². The molecule has 0 saturated heterocycles. The van der Waals surface area contributed by atoms with Gasteiger partial charge in [-0.25, -0.2) is 0 Å². The highest BCUT2D eigenvalue weighted by Gasteiger charge is 2.26. The van der Waals surface area contributed by atoms with E-state index in [0.717, 1.165) is 12.1 Å². The van der Waals surface area contributed by atoms with Crippen molar-refractivity contribution in [1.82, 2.24) is 0 Å². The third-order valence-corrected chi connectivity index (χ3v) is 4.56. The summed E-state index contributed by atoms with van der Waals surface area (Å²) in [5, 5.41) is 4.62. The largest absolute Gasteiger partial charge is 0.387 e. The van der Waals surface area contributed by atoms with Crippen LogP contribution >= 0.6 is 11.8 Å². The van der Waals surface area contributed by atoms with Gasteiger partial charge in [0.2, 0.25) is 0 Å². The Balaban J connectivity index is 1.62. The summed E-state index contributed by atoms with van der Waals surface area (Å²) < 4.78 is 0. The van der Waals surface area contributed by atoms with Gasteiger partial charge < -0.3 is 4.84 Å². The van der Waals surface area contributed by atoms with Crippen molar-refractivity contribution in [2.24, 2.45) is 5.16 Å². The predicted molar refractivity (Wildman–Crippen MR) is 84.1 cm³/mol. The Morgan fingerprint density at radius 2 is 1.70 bits per heavy atom. The van der Waals surface area contributed by atoms with Crippen LogP contribution in [0.5, 0.6) is 0 Å². The third kappa shape index (κ3) is 3.05. The van der Waals surface area contributed by atoms with E-state index < -0.39 is 0 Å². The average molecular weight is 283 g/mol. The molecule has 0 fully saturated rings. The number of oxime groups is 1. The number of thioether (sulfide) groups is 1. The summed E-state index contributed by atoms with van der Waals surface area (Å²) in [4.78, 5) is 6.85. The number of benzene rings is 2. The zero-order valence-corrected chi connectivity index (χ0v) is 12.2. The molecule has 3 rings (SSSR count).